The first kappa shape index (κ1) is 19.6. The van der Waals surface area contributed by atoms with Crippen LogP contribution >= 0.6 is 0 Å². The highest BCUT2D eigenvalue weighted by atomic mass is 16.2. The maximum absolute atomic E-state index is 12.9. The van der Waals surface area contributed by atoms with Crippen molar-refractivity contribution in [3.63, 3.8) is 0 Å². The Morgan fingerprint density at radius 2 is 1.85 bits per heavy atom. The molecule has 0 bridgehead atoms. The van der Waals surface area contributed by atoms with Gasteiger partial charge in [0.05, 0.1) is 7.05 Å². The fraction of sp³-hybridized carbons (Fsp3) is 0.545. The predicted molar refractivity (Wildman–Crippen MR) is 108 cm³/mol. The van der Waals surface area contributed by atoms with Gasteiger partial charge >= 0.3 is 0 Å². The number of nitrogens with one attached hydrogen (secondary N) is 2. The number of hydrogen-bond acceptors (Lipinski definition) is 2. The van der Waals surface area contributed by atoms with Crippen LogP contribution in [-0.2, 0) is 9.59 Å². The molecule has 2 aliphatic carbocycles. The lowest BCUT2D eigenvalue weighted by molar-refractivity contribution is -0.862. The third kappa shape index (κ3) is 5.19. The quantitative estimate of drug-likeness (QED) is 0.773. The average Bonchev–Trinajstić information content (AvgIpc) is 3.44. The van der Waals surface area contributed by atoms with Crippen molar-refractivity contribution in [2.45, 2.75) is 58.4 Å². The Kier molecular flexibility index (Phi) is 6.32. The van der Waals surface area contributed by atoms with Crippen LogP contribution in [0.1, 0.15) is 49.7 Å². The van der Waals surface area contributed by atoms with E-state index < -0.39 is 0 Å². The van der Waals surface area contributed by atoms with Crippen molar-refractivity contribution in [2.24, 2.45) is 0 Å². The van der Waals surface area contributed by atoms with E-state index in [-0.39, 0.29) is 18.4 Å². The lowest BCUT2D eigenvalue weighted by Crippen LogP contribution is -3.11. The van der Waals surface area contributed by atoms with E-state index >= 15 is 0 Å². The van der Waals surface area contributed by atoms with Gasteiger partial charge in [-0.25, -0.2) is 0 Å². The molecular formula is C22H32N3O2+. The van der Waals surface area contributed by atoms with Crippen LogP contribution in [0.15, 0.2) is 30.0 Å². The van der Waals surface area contributed by atoms with E-state index in [4.69, 9.17) is 0 Å². The van der Waals surface area contributed by atoms with Crippen molar-refractivity contribution in [1.29, 1.82) is 0 Å². The van der Waals surface area contributed by atoms with Gasteiger partial charge in [-0.2, -0.15) is 0 Å². The third-order valence-corrected chi connectivity index (χ3v) is 5.42. The van der Waals surface area contributed by atoms with Crippen molar-refractivity contribution >= 4 is 17.5 Å². The van der Waals surface area contributed by atoms with E-state index in [9.17, 15) is 9.59 Å². The summed E-state index contributed by atoms with van der Waals surface area (Å²) in [6, 6.07) is 6.36. The average molecular weight is 371 g/mol. The molecule has 0 saturated heterocycles. The summed E-state index contributed by atoms with van der Waals surface area (Å²) in [7, 11) is 1.92. The highest BCUT2D eigenvalue weighted by Gasteiger charge is 2.36. The van der Waals surface area contributed by atoms with Gasteiger partial charge in [0, 0.05) is 17.4 Å². The van der Waals surface area contributed by atoms with E-state index in [1.54, 1.807) is 0 Å². The lowest BCUT2D eigenvalue weighted by atomic mass is 10.0. The highest BCUT2D eigenvalue weighted by Crippen LogP contribution is 2.33. The van der Waals surface area contributed by atoms with E-state index in [1.807, 2.05) is 44.0 Å². The predicted octanol–water partition coefficient (Wildman–Crippen LogP) is 2.21. The maximum atomic E-state index is 12.9. The number of rotatable bonds is 7. The summed E-state index contributed by atoms with van der Waals surface area (Å²) in [6.07, 6.45) is 8.93. The Balaban J connectivity index is 1.56. The van der Waals surface area contributed by atoms with Gasteiger partial charge in [0.2, 0.25) is 0 Å². The molecule has 1 aromatic carbocycles. The van der Waals surface area contributed by atoms with Crippen LogP contribution < -0.4 is 10.2 Å². The van der Waals surface area contributed by atoms with E-state index in [2.05, 4.69) is 11.4 Å². The molecule has 5 heteroatoms. The molecule has 2 amide bonds. The van der Waals surface area contributed by atoms with Gasteiger partial charge in [0.25, 0.3) is 11.8 Å². The molecule has 146 valence electrons. The number of benzene rings is 1. The summed E-state index contributed by atoms with van der Waals surface area (Å²) in [5, 5.41) is 3.01. The molecule has 1 atom stereocenters. The SMILES string of the molecule is Cc1cccc(C)c1NC(=O)C[NH+](C)CC(=O)N(C1=CCCCC1)C1CC1. The molecule has 3 rings (SSSR count). The van der Waals surface area contributed by atoms with E-state index in [0.29, 0.717) is 12.6 Å². The smallest absolute Gasteiger partial charge is 0.282 e. The summed E-state index contributed by atoms with van der Waals surface area (Å²) < 4.78 is 0. The lowest BCUT2D eigenvalue weighted by Gasteiger charge is -2.28. The van der Waals surface area contributed by atoms with Gasteiger partial charge in [-0.05, 0) is 63.5 Å². The number of nitrogens with zero attached hydrogens (tertiary/aromatic N) is 1. The zero-order chi connectivity index (χ0) is 19.4. The van der Waals surface area contributed by atoms with E-state index in [1.165, 1.54) is 18.5 Å². The number of para-hydroxylation sites is 1. The summed E-state index contributed by atoms with van der Waals surface area (Å²) in [6.45, 7) is 4.63. The van der Waals surface area contributed by atoms with Crippen LogP contribution in [0.3, 0.4) is 0 Å². The normalized spacial score (nSPS) is 17.8. The van der Waals surface area contributed by atoms with Crippen LogP contribution in [0.5, 0.6) is 0 Å². The molecule has 0 aliphatic heterocycles. The van der Waals surface area contributed by atoms with Gasteiger partial charge in [0.1, 0.15) is 0 Å². The minimum absolute atomic E-state index is 0.0486. The molecule has 1 saturated carbocycles. The first-order chi connectivity index (χ1) is 13.0. The first-order valence-corrected chi connectivity index (χ1v) is 10.1. The summed E-state index contributed by atoms with van der Waals surface area (Å²) in [5.41, 5.74) is 4.21. The number of hydrogen-bond donors (Lipinski definition) is 2. The third-order valence-electron chi connectivity index (χ3n) is 5.42. The zero-order valence-electron chi connectivity index (χ0n) is 16.8. The molecule has 5 nitrogen and oxygen atoms in total. The van der Waals surface area contributed by atoms with Crippen molar-refractivity contribution in [3.8, 4) is 0 Å². The zero-order valence-corrected chi connectivity index (χ0v) is 16.8. The van der Waals surface area contributed by atoms with Gasteiger partial charge in [-0.15, -0.1) is 0 Å². The molecule has 2 N–H and O–H groups in total. The minimum Gasteiger partial charge on any atom is -0.322 e. The second-order valence-electron chi connectivity index (χ2n) is 8.06. The number of allylic oxidation sites excluding steroid dienone is 2. The maximum Gasteiger partial charge on any atom is 0.282 e. The number of amides is 2. The number of likely N-dealkylation sites (N-methyl/N-ethyl adjacent to an activating group) is 1. The molecule has 1 aromatic rings. The summed E-state index contributed by atoms with van der Waals surface area (Å²) in [4.78, 5) is 28.3. The van der Waals surface area contributed by atoms with Crippen LogP contribution in [0.2, 0.25) is 0 Å². The molecule has 1 fully saturated rings. The number of aryl methyl sites for hydroxylation is 2. The molecule has 2 aliphatic rings. The van der Waals surface area contributed by atoms with Crippen molar-refractivity contribution in [3.05, 3.63) is 41.1 Å². The van der Waals surface area contributed by atoms with Crippen LogP contribution in [0, 0.1) is 13.8 Å². The Labute approximate surface area is 162 Å². The number of anilines is 1. The fourth-order valence-electron chi connectivity index (χ4n) is 3.85. The van der Waals surface area contributed by atoms with Crippen LogP contribution in [-0.4, -0.2) is 42.9 Å². The van der Waals surface area contributed by atoms with E-state index in [0.717, 1.165) is 47.4 Å². The number of carbonyl (C=O) groups excluding carboxylic acids is 2. The van der Waals surface area contributed by atoms with Gasteiger partial charge in [-0.3, -0.25) is 9.59 Å². The minimum atomic E-state index is -0.0486. The molecule has 0 aromatic heterocycles. The topological polar surface area (TPSA) is 53.9 Å². The Bertz CT molecular complexity index is 717. The Morgan fingerprint density at radius 3 is 2.44 bits per heavy atom. The highest BCUT2D eigenvalue weighted by molar-refractivity contribution is 5.93. The van der Waals surface area contributed by atoms with Crippen LogP contribution in [0.4, 0.5) is 5.69 Å². The van der Waals surface area contributed by atoms with Gasteiger partial charge in [-0.1, -0.05) is 24.3 Å². The number of carbonyl (C=O) groups is 2. The van der Waals surface area contributed by atoms with Crippen molar-refractivity contribution < 1.29 is 14.5 Å². The largest absolute Gasteiger partial charge is 0.322 e. The molecule has 27 heavy (non-hydrogen) atoms. The Morgan fingerprint density at radius 1 is 1.15 bits per heavy atom. The fourth-order valence-corrected chi connectivity index (χ4v) is 3.85. The monoisotopic (exact) mass is 370 g/mol. The standard InChI is InChI=1S/C22H31N3O2/c1-16-8-7-9-17(2)22(16)23-20(26)14-24(3)15-21(27)25(19-12-13-19)18-10-5-4-6-11-18/h7-10,19H,4-6,11-15H2,1-3H3,(H,23,26)/p+1. The summed E-state index contributed by atoms with van der Waals surface area (Å²) >= 11 is 0. The van der Waals surface area contributed by atoms with Crippen molar-refractivity contribution in [1.82, 2.24) is 4.90 Å². The number of quaternary nitrogens is 1. The summed E-state index contributed by atoms with van der Waals surface area (Å²) in [5.74, 6) is 0.107. The second-order valence-corrected chi connectivity index (χ2v) is 8.06. The first-order valence-electron chi connectivity index (χ1n) is 10.1. The van der Waals surface area contributed by atoms with Gasteiger partial charge < -0.3 is 15.1 Å². The molecular weight excluding hydrogens is 338 g/mol. The molecule has 0 heterocycles. The van der Waals surface area contributed by atoms with Gasteiger partial charge in [0.15, 0.2) is 13.1 Å². The van der Waals surface area contributed by atoms with Crippen molar-refractivity contribution in [2.75, 3.05) is 25.5 Å². The Hall–Kier alpha value is -2.14. The molecule has 0 radical (unpaired) electrons. The molecule has 1 unspecified atom stereocenters. The second kappa shape index (κ2) is 8.70. The molecule has 0 spiro atoms. The van der Waals surface area contributed by atoms with Crippen LogP contribution in [0.25, 0.3) is 0 Å².